The summed E-state index contributed by atoms with van der Waals surface area (Å²) >= 11 is 0. The molecular weight excluding hydrogens is 284 g/mol. The van der Waals surface area contributed by atoms with Crippen LogP contribution in [0.15, 0.2) is 36.4 Å². The van der Waals surface area contributed by atoms with Crippen LogP contribution in [0.25, 0.3) is 6.08 Å². The van der Waals surface area contributed by atoms with Gasteiger partial charge in [-0.1, -0.05) is 62.9 Å². The molecule has 2 nitrogen and oxygen atoms in total. The summed E-state index contributed by atoms with van der Waals surface area (Å²) in [6.45, 7) is 2.23. The molecule has 0 atom stereocenters. The number of esters is 1. The Morgan fingerprint density at radius 1 is 1.09 bits per heavy atom. The van der Waals surface area contributed by atoms with Gasteiger partial charge in [-0.15, -0.1) is 0 Å². The normalized spacial score (nSPS) is 17.3. The molecule has 0 spiro atoms. The molecule has 0 amide bonds. The van der Waals surface area contributed by atoms with Crippen molar-refractivity contribution in [3.8, 4) is 0 Å². The van der Waals surface area contributed by atoms with Crippen molar-refractivity contribution in [1.29, 1.82) is 0 Å². The molecule has 1 aromatic carbocycles. The molecule has 1 aliphatic carbocycles. The summed E-state index contributed by atoms with van der Waals surface area (Å²) in [5.41, 5.74) is 0.828. The van der Waals surface area contributed by atoms with Crippen LogP contribution >= 0.6 is 0 Å². The molecule has 0 aromatic heterocycles. The highest BCUT2D eigenvalue weighted by Gasteiger charge is 2.34. The molecular formula is C21H30O2. The second-order valence-corrected chi connectivity index (χ2v) is 6.72. The van der Waals surface area contributed by atoms with Gasteiger partial charge in [-0.3, -0.25) is 0 Å². The second-order valence-electron chi connectivity index (χ2n) is 6.72. The summed E-state index contributed by atoms with van der Waals surface area (Å²) in [4.78, 5) is 12.3. The molecule has 0 saturated heterocycles. The first kappa shape index (κ1) is 17.8. The first-order valence-electron chi connectivity index (χ1n) is 9.20. The van der Waals surface area contributed by atoms with Crippen molar-refractivity contribution in [3.05, 3.63) is 42.0 Å². The summed E-state index contributed by atoms with van der Waals surface area (Å²) in [6, 6.07) is 9.90. The zero-order chi connectivity index (χ0) is 16.4. The Hall–Kier alpha value is -1.57. The van der Waals surface area contributed by atoms with E-state index in [0.717, 1.165) is 24.8 Å². The molecule has 2 heteroatoms. The molecule has 1 aliphatic rings. The molecule has 2 rings (SSSR count). The SMILES string of the molecule is CCCCCCC1(OC(=O)/C=C/c2ccccc2)CCCCC1. The van der Waals surface area contributed by atoms with E-state index in [2.05, 4.69) is 6.92 Å². The number of ether oxygens (including phenoxy) is 1. The minimum Gasteiger partial charge on any atom is -0.456 e. The number of hydrogen-bond donors (Lipinski definition) is 0. The molecule has 0 radical (unpaired) electrons. The van der Waals surface area contributed by atoms with Crippen LogP contribution in [0.5, 0.6) is 0 Å². The van der Waals surface area contributed by atoms with E-state index in [9.17, 15) is 4.79 Å². The van der Waals surface area contributed by atoms with Crippen molar-refractivity contribution < 1.29 is 9.53 Å². The number of rotatable bonds is 8. The van der Waals surface area contributed by atoms with Crippen molar-refractivity contribution in [1.82, 2.24) is 0 Å². The predicted octanol–water partition coefficient (Wildman–Crippen LogP) is 5.92. The van der Waals surface area contributed by atoms with Crippen LogP contribution in [0.2, 0.25) is 0 Å². The van der Waals surface area contributed by atoms with Gasteiger partial charge in [-0.05, 0) is 50.2 Å². The summed E-state index contributed by atoms with van der Waals surface area (Å²) in [5.74, 6) is -0.189. The predicted molar refractivity (Wildman–Crippen MR) is 96.1 cm³/mol. The van der Waals surface area contributed by atoms with Gasteiger partial charge < -0.3 is 4.74 Å². The van der Waals surface area contributed by atoms with Gasteiger partial charge in [0.25, 0.3) is 0 Å². The van der Waals surface area contributed by atoms with E-state index in [0.29, 0.717) is 0 Å². The standard InChI is InChI=1S/C21H30O2/c1-2-3-4-9-16-21(17-10-6-11-18-21)23-20(22)15-14-19-12-7-5-8-13-19/h5,7-8,12-15H,2-4,6,9-11,16-18H2,1H3/b15-14+. The quantitative estimate of drug-likeness (QED) is 0.338. The highest BCUT2D eigenvalue weighted by atomic mass is 16.6. The van der Waals surface area contributed by atoms with E-state index in [1.165, 1.54) is 44.9 Å². The van der Waals surface area contributed by atoms with Crippen LogP contribution in [0.3, 0.4) is 0 Å². The van der Waals surface area contributed by atoms with E-state index < -0.39 is 0 Å². The minimum atomic E-state index is -0.204. The van der Waals surface area contributed by atoms with Gasteiger partial charge in [0.2, 0.25) is 0 Å². The Balaban J connectivity index is 1.91. The topological polar surface area (TPSA) is 26.3 Å². The number of benzene rings is 1. The van der Waals surface area contributed by atoms with E-state index in [4.69, 9.17) is 4.74 Å². The van der Waals surface area contributed by atoms with Gasteiger partial charge in [-0.2, -0.15) is 0 Å². The van der Waals surface area contributed by atoms with Gasteiger partial charge in [0.05, 0.1) is 0 Å². The van der Waals surface area contributed by atoms with Gasteiger partial charge >= 0.3 is 5.97 Å². The molecule has 1 fully saturated rings. The molecule has 23 heavy (non-hydrogen) atoms. The van der Waals surface area contributed by atoms with Crippen molar-refractivity contribution in [2.24, 2.45) is 0 Å². The fourth-order valence-electron chi connectivity index (χ4n) is 3.45. The maximum atomic E-state index is 12.3. The lowest BCUT2D eigenvalue weighted by molar-refractivity contribution is -0.158. The second kappa shape index (κ2) is 9.54. The number of hydrogen-bond acceptors (Lipinski definition) is 2. The molecule has 0 heterocycles. The largest absolute Gasteiger partial charge is 0.456 e. The third kappa shape index (κ3) is 6.21. The Morgan fingerprint density at radius 2 is 1.83 bits per heavy atom. The van der Waals surface area contributed by atoms with Crippen LogP contribution in [0, 0.1) is 0 Å². The van der Waals surface area contributed by atoms with Crippen molar-refractivity contribution in [2.45, 2.75) is 76.7 Å². The van der Waals surface area contributed by atoms with Crippen LogP contribution < -0.4 is 0 Å². The summed E-state index contributed by atoms with van der Waals surface area (Å²) in [6.07, 6.45) is 15.1. The minimum absolute atomic E-state index is 0.189. The van der Waals surface area contributed by atoms with Gasteiger partial charge in [0, 0.05) is 6.08 Å². The lowest BCUT2D eigenvalue weighted by Gasteiger charge is -2.36. The Morgan fingerprint density at radius 3 is 2.52 bits per heavy atom. The summed E-state index contributed by atoms with van der Waals surface area (Å²) in [5, 5.41) is 0. The lowest BCUT2D eigenvalue weighted by atomic mass is 9.81. The fraction of sp³-hybridized carbons (Fsp3) is 0.571. The van der Waals surface area contributed by atoms with Crippen LogP contribution in [-0.2, 0) is 9.53 Å². The van der Waals surface area contributed by atoms with E-state index >= 15 is 0 Å². The molecule has 1 saturated carbocycles. The van der Waals surface area contributed by atoms with Gasteiger partial charge in [0.15, 0.2) is 0 Å². The zero-order valence-corrected chi connectivity index (χ0v) is 14.4. The third-order valence-electron chi connectivity index (χ3n) is 4.78. The molecule has 0 unspecified atom stereocenters. The van der Waals surface area contributed by atoms with Gasteiger partial charge in [-0.25, -0.2) is 4.79 Å². The number of carbonyl (C=O) groups excluding carboxylic acids is 1. The Kier molecular flexibility index (Phi) is 7.38. The van der Waals surface area contributed by atoms with E-state index in [-0.39, 0.29) is 11.6 Å². The highest BCUT2D eigenvalue weighted by Crippen LogP contribution is 2.36. The number of carbonyl (C=O) groups is 1. The van der Waals surface area contributed by atoms with Crippen molar-refractivity contribution >= 4 is 12.0 Å². The Labute approximate surface area is 140 Å². The number of unbranched alkanes of at least 4 members (excludes halogenated alkanes) is 3. The first-order valence-corrected chi connectivity index (χ1v) is 9.20. The molecule has 0 N–H and O–H groups in total. The van der Waals surface area contributed by atoms with Gasteiger partial charge in [0.1, 0.15) is 5.60 Å². The average Bonchev–Trinajstić information content (AvgIpc) is 2.59. The molecule has 1 aromatic rings. The molecule has 0 bridgehead atoms. The average molecular weight is 314 g/mol. The molecule has 126 valence electrons. The summed E-state index contributed by atoms with van der Waals surface area (Å²) in [7, 11) is 0. The van der Waals surface area contributed by atoms with Crippen molar-refractivity contribution in [2.75, 3.05) is 0 Å². The fourth-order valence-corrected chi connectivity index (χ4v) is 3.45. The summed E-state index contributed by atoms with van der Waals surface area (Å²) < 4.78 is 5.96. The van der Waals surface area contributed by atoms with E-state index in [1.54, 1.807) is 6.08 Å². The third-order valence-corrected chi connectivity index (χ3v) is 4.78. The van der Waals surface area contributed by atoms with Crippen LogP contribution in [0.1, 0.15) is 76.7 Å². The first-order chi connectivity index (χ1) is 11.2. The van der Waals surface area contributed by atoms with Crippen molar-refractivity contribution in [3.63, 3.8) is 0 Å². The molecule has 0 aliphatic heterocycles. The highest BCUT2D eigenvalue weighted by molar-refractivity contribution is 5.87. The smallest absolute Gasteiger partial charge is 0.331 e. The maximum Gasteiger partial charge on any atom is 0.331 e. The Bertz CT molecular complexity index is 484. The lowest BCUT2D eigenvalue weighted by Crippen LogP contribution is -2.36. The van der Waals surface area contributed by atoms with Crippen LogP contribution in [0.4, 0.5) is 0 Å². The van der Waals surface area contributed by atoms with E-state index in [1.807, 2.05) is 36.4 Å². The van der Waals surface area contributed by atoms with Crippen LogP contribution in [-0.4, -0.2) is 11.6 Å². The zero-order valence-electron chi connectivity index (χ0n) is 14.4. The maximum absolute atomic E-state index is 12.3. The monoisotopic (exact) mass is 314 g/mol.